The molecule has 0 atom stereocenters. The number of nitriles is 2. The number of nitrogens with zero attached hydrogens (tertiary/aromatic N) is 4. The van der Waals surface area contributed by atoms with Crippen molar-refractivity contribution in [1.82, 2.24) is 9.78 Å². The third-order valence-corrected chi connectivity index (χ3v) is 1.29. The molecular formula is C6H5N5. The van der Waals surface area contributed by atoms with E-state index in [1.165, 1.54) is 4.68 Å². The van der Waals surface area contributed by atoms with Crippen LogP contribution >= 0.6 is 0 Å². The Bertz CT molecular complexity index is 327. The first-order valence-corrected chi connectivity index (χ1v) is 2.83. The Morgan fingerprint density at radius 3 is 2.45 bits per heavy atom. The molecule has 1 rings (SSSR count). The summed E-state index contributed by atoms with van der Waals surface area (Å²) >= 11 is 0. The maximum absolute atomic E-state index is 8.53. The molecule has 1 aromatic rings. The monoisotopic (exact) mass is 147 g/mol. The fourth-order valence-electron chi connectivity index (χ4n) is 0.783. The summed E-state index contributed by atoms with van der Waals surface area (Å²) in [7, 11) is 1.57. The van der Waals surface area contributed by atoms with E-state index in [2.05, 4.69) is 5.10 Å². The first-order valence-electron chi connectivity index (χ1n) is 2.83. The molecule has 0 saturated carbocycles. The Morgan fingerprint density at radius 1 is 1.45 bits per heavy atom. The molecule has 0 aromatic carbocycles. The zero-order valence-corrected chi connectivity index (χ0v) is 5.87. The van der Waals surface area contributed by atoms with Crippen LogP contribution in [0.2, 0.25) is 0 Å². The highest BCUT2D eigenvalue weighted by Gasteiger charge is 2.11. The normalized spacial score (nSPS) is 8.64. The van der Waals surface area contributed by atoms with Gasteiger partial charge in [-0.1, -0.05) is 0 Å². The second-order valence-corrected chi connectivity index (χ2v) is 1.96. The molecule has 5 heteroatoms. The van der Waals surface area contributed by atoms with Gasteiger partial charge < -0.3 is 5.73 Å². The van der Waals surface area contributed by atoms with Gasteiger partial charge in [-0.25, -0.2) is 0 Å². The maximum atomic E-state index is 8.53. The van der Waals surface area contributed by atoms with Gasteiger partial charge in [-0.15, -0.1) is 0 Å². The lowest BCUT2D eigenvalue weighted by molar-refractivity contribution is 0.759. The highest BCUT2D eigenvalue weighted by Crippen LogP contribution is 2.12. The SMILES string of the molecule is Cn1nc(N)c(C#N)c1C#N. The average molecular weight is 147 g/mol. The molecule has 54 valence electrons. The van der Waals surface area contributed by atoms with Gasteiger partial charge in [-0.05, 0) is 0 Å². The Hall–Kier alpha value is -2.01. The van der Waals surface area contributed by atoms with Gasteiger partial charge in [0.05, 0.1) is 0 Å². The predicted molar refractivity (Wildman–Crippen MR) is 37.1 cm³/mol. The largest absolute Gasteiger partial charge is 0.381 e. The molecule has 5 nitrogen and oxygen atoms in total. The molecule has 0 bridgehead atoms. The van der Waals surface area contributed by atoms with Gasteiger partial charge >= 0.3 is 0 Å². The van der Waals surface area contributed by atoms with Crippen molar-refractivity contribution in [3.05, 3.63) is 11.3 Å². The average Bonchev–Trinajstić information content (AvgIpc) is 2.24. The maximum Gasteiger partial charge on any atom is 0.164 e. The second kappa shape index (κ2) is 2.31. The van der Waals surface area contributed by atoms with Crippen molar-refractivity contribution in [2.45, 2.75) is 0 Å². The standard InChI is InChI=1S/C6H5N5/c1-11-5(3-8)4(2-7)6(9)10-11/h1H3,(H2,9,10). The molecule has 1 heterocycles. The lowest BCUT2D eigenvalue weighted by Gasteiger charge is -1.85. The molecule has 0 aliphatic carbocycles. The fraction of sp³-hybridized carbons (Fsp3) is 0.167. The van der Waals surface area contributed by atoms with Gasteiger partial charge in [0.2, 0.25) is 0 Å². The van der Waals surface area contributed by atoms with Crippen LogP contribution in [0.25, 0.3) is 0 Å². The molecule has 0 amide bonds. The highest BCUT2D eigenvalue weighted by atomic mass is 15.3. The summed E-state index contributed by atoms with van der Waals surface area (Å²) in [6.07, 6.45) is 0. The third-order valence-electron chi connectivity index (χ3n) is 1.29. The quantitative estimate of drug-likeness (QED) is 0.547. The van der Waals surface area contributed by atoms with Crippen LogP contribution in [0.5, 0.6) is 0 Å². The molecule has 0 spiro atoms. The van der Waals surface area contributed by atoms with Crippen molar-refractivity contribution in [3.63, 3.8) is 0 Å². The lowest BCUT2D eigenvalue weighted by Crippen LogP contribution is -1.94. The van der Waals surface area contributed by atoms with Crippen LogP contribution in [-0.4, -0.2) is 9.78 Å². The number of aromatic nitrogens is 2. The van der Waals surface area contributed by atoms with Crippen molar-refractivity contribution < 1.29 is 0 Å². The first-order chi connectivity index (χ1) is 5.20. The minimum absolute atomic E-state index is 0.103. The Morgan fingerprint density at radius 2 is 2.09 bits per heavy atom. The summed E-state index contributed by atoms with van der Waals surface area (Å²) in [5.41, 5.74) is 5.67. The van der Waals surface area contributed by atoms with E-state index in [0.717, 1.165) is 0 Å². The molecule has 0 aliphatic rings. The van der Waals surface area contributed by atoms with E-state index in [4.69, 9.17) is 16.3 Å². The van der Waals surface area contributed by atoms with Crippen LogP contribution in [0, 0.1) is 22.7 Å². The highest BCUT2D eigenvalue weighted by molar-refractivity contribution is 5.55. The number of nitrogen functional groups attached to an aromatic ring is 1. The molecule has 0 aliphatic heterocycles. The zero-order chi connectivity index (χ0) is 8.43. The van der Waals surface area contributed by atoms with Gasteiger partial charge in [0, 0.05) is 7.05 Å². The topological polar surface area (TPSA) is 91.4 Å². The van der Waals surface area contributed by atoms with Crippen molar-refractivity contribution >= 4 is 5.82 Å². The lowest BCUT2D eigenvalue weighted by atomic mass is 10.2. The summed E-state index contributed by atoms with van der Waals surface area (Å²) in [5, 5.41) is 20.7. The van der Waals surface area contributed by atoms with Gasteiger partial charge in [-0.3, -0.25) is 4.68 Å². The van der Waals surface area contributed by atoms with Crippen LogP contribution in [0.3, 0.4) is 0 Å². The van der Waals surface area contributed by atoms with Crippen molar-refractivity contribution in [3.8, 4) is 12.1 Å². The third kappa shape index (κ3) is 0.886. The Kier molecular flexibility index (Phi) is 1.49. The van der Waals surface area contributed by atoms with Gasteiger partial charge in [0.1, 0.15) is 17.7 Å². The summed E-state index contributed by atoms with van der Waals surface area (Å²) in [5.74, 6) is 0.103. The van der Waals surface area contributed by atoms with Crippen molar-refractivity contribution in [1.29, 1.82) is 10.5 Å². The van der Waals surface area contributed by atoms with E-state index in [1.807, 2.05) is 6.07 Å². The fourth-order valence-corrected chi connectivity index (χ4v) is 0.783. The van der Waals surface area contributed by atoms with E-state index in [-0.39, 0.29) is 17.1 Å². The van der Waals surface area contributed by atoms with Crippen LogP contribution in [0.15, 0.2) is 0 Å². The van der Waals surface area contributed by atoms with Crippen LogP contribution in [0.1, 0.15) is 11.3 Å². The molecular weight excluding hydrogens is 142 g/mol. The predicted octanol–water partition coefficient (Wildman–Crippen LogP) is -0.254. The van der Waals surface area contributed by atoms with Crippen LogP contribution < -0.4 is 5.73 Å². The van der Waals surface area contributed by atoms with Gasteiger partial charge in [-0.2, -0.15) is 15.6 Å². The first kappa shape index (κ1) is 7.10. The Balaban J connectivity index is 3.47. The smallest absolute Gasteiger partial charge is 0.164 e. The second-order valence-electron chi connectivity index (χ2n) is 1.96. The van der Waals surface area contributed by atoms with Crippen molar-refractivity contribution in [2.24, 2.45) is 7.05 Å². The molecule has 0 unspecified atom stereocenters. The van der Waals surface area contributed by atoms with E-state index in [1.54, 1.807) is 13.1 Å². The number of aryl methyl sites for hydroxylation is 1. The zero-order valence-electron chi connectivity index (χ0n) is 5.87. The van der Waals surface area contributed by atoms with E-state index in [9.17, 15) is 0 Å². The van der Waals surface area contributed by atoms with E-state index in [0.29, 0.717) is 0 Å². The molecule has 0 fully saturated rings. The number of rotatable bonds is 0. The molecule has 0 radical (unpaired) electrons. The summed E-state index contributed by atoms with van der Waals surface area (Å²) < 4.78 is 1.29. The van der Waals surface area contributed by atoms with E-state index >= 15 is 0 Å². The van der Waals surface area contributed by atoms with Gasteiger partial charge in [0.15, 0.2) is 11.5 Å². The molecule has 1 aromatic heterocycles. The van der Waals surface area contributed by atoms with Crippen LogP contribution in [-0.2, 0) is 7.05 Å². The molecule has 0 saturated heterocycles. The summed E-state index contributed by atoms with van der Waals surface area (Å²) in [6, 6.07) is 3.64. The number of nitrogens with two attached hydrogens (primary N) is 1. The Labute approximate surface area is 63.3 Å². The molecule has 11 heavy (non-hydrogen) atoms. The summed E-state index contributed by atoms with van der Waals surface area (Å²) in [4.78, 5) is 0. The van der Waals surface area contributed by atoms with Gasteiger partial charge in [0.25, 0.3) is 0 Å². The minimum atomic E-state index is 0.103. The minimum Gasteiger partial charge on any atom is -0.381 e. The van der Waals surface area contributed by atoms with E-state index < -0.39 is 0 Å². The molecule has 2 N–H and O–H groups in total. The number of hydrogen-bond acceptors (Lipinski definition) is 4. The number of hydrogen-bond donors (Lipinski definition) is 1. The van der Waals surface area contributed by atoms with Crippen LogP contribution in [0.4, 0.5) is 5.82 Å². The number of anilines is 1. The summed E-state index contributed by atoms with van der Waals surface area (Å²) in [6.45, 7) is 0. The van der Waals surface area contributed by atoms with Crippen molar-refractivity contribution in [2.75, 3.05) is 5.73 Å².